The van der Waals surface area contributed by atoms with Crippen LogP contribution in [0.3, 0.4) is 0 Å². The molecule has 5 nitrogen and oxygen atoms in total. The predicted octanol–water partition coefficient (Wildman–Crippen LogP) is 3.57. The summed E-state index contributed by atoms with van der Waals surface area (Å²) in [5.41, 5.74) is 3.16. The average molecular weight is 262 g/mol. The van der Waals surface area contributed by atoms with Crippen LogP contribution in [0.25, 0.3) is 0 Å². The van der Waals surface area contributed by atoms with Crippen LogP contribution in [-0.4, -0.2) is 16.0 Å². The van der Waals surface area contributed by atoms with Crippen molar-refractivity contribution in [1.82, 2.24) is 4.98 Å². The van der Waals surface area contributed by atoms with Crippen molar-refractivity contribution in [3.8, 4) is 0 Å². The molecule has 0 saturated carbocycles. The Kier molecular flexibility index (Phi) is 3.95. The molecular weight excluding hydrogens is 244 g/mol. The van der Waals surface area contributed by atoms with Crippen molar-refractivity contribution in [2.45, 2.75) is 45.8 Å². The number of ether oxygens (including phenoxy) is 1. The number of hydrogen-bond acceptors (Lipinski definition) is 4. The first-order valence-corrected chi connectivity index (χ1v) is 6.44. The molecule has 102 valence electrons. The molecule has 2 atom stereocenters. The Balaban J connectivity index is 2.37. The molecule has 5 heteroatoms. The number of nitro groups is 1. The molecule has 0 aliphatic carbocycles. The molecule has 2 heterocycles. The Morgan fingerprint density at radius 3 is 2.89 bits per heavy atom. The zero-order valence-electron chi connectivity index (χ0n) is 11.4. The van der Waals surface area contributed by atoms with E-state index in [1.165, 1.54) is 17.3 Å². The number of pyridine rings is 1. The summed E-state index contributed by atoms with van der Waals surface area (Å²) >= 11 is 0. The maximum absolute atomic E-state index is 11.1. The van der Waals surface area contributed by atoms with Crippen LogP contribution >= 0.6 is 0 Å². The fraction of sp³-hybridized carbons (Fsp3) is 0.500. The normalized spacial score (nSPS) is 23.5. The first-order chi connectivity index (χ1) is 9.04. The van der Waals surface area contributed by atoms with Gasteiger partial charge in [-0.05, 0) is 38.3 Å². The zero-order valence-corrected chi connectivity index (χ0v) is 11.4. The Morgan fingerprint density at radius 2 is 2.26 bits per heavy atom. The van der Waals surface area contributed by atoms with Crippen LogP contribution < -0.4 is 0 Å². The van der Waals surface area contributed by atoms with Crippen molar-refractivity contribution in [3.63, 3.8) is 0 Å². The lowest BCUT2D eigenvalue weighted by Gasteiger charge is -2.31. The van der Waals surface area contributed by atoms with Crippen molar-refractivity contribution >= 4 is 5.69 Å². The molecule has 0 spiro atoms. The van der Waals surface area contributed by atoms with E-state index >= 15 is 0 Å². The van der Waals surface area contributed by atoms with Crippen molar-refractivity contribution in [2.75, 3.05) is 0 Å². The van der Waals surface area contributed by atoms with Crippen LogP contribution in [0.15, 0.2) is 29.6 Å². The molecule has 1 aliphatic rings. The standard InChI is InChI=1S/C14H18N2O3/c1-4-13-10(3)9(2)7-14(19-13)11-5-6-15-8-12(11)16(17)18/h5-6,8,13-14H,4,7H2,1-3H3/t13-,14-/m1/s1. The maximum Gasteiger partial charge on any atom is 0.293 e. The highest BCUT2D eigenvalue weighted by Gasteiger charge is 2.30. The minimum Gasteiger partial charge on any atom is -0.365 e. The molecule has 2 rings (SSSR count). The molecule has 0 fully saturated rings. The second-order valence-electron chi connectivity index (χ2n) is 4.88. The highest BCUT2D eigenvalue weighted by molar-refractivity contribution is 5.40. The van der Waals surface area contributed by atoms with Gasteiger partial charge in [-0.1, -0.05) is 12.5 Å². The fourth-order valence-corrected chi connectivity index (χ4v) is 2.47. The summed E-state index contributed by atoms with van der Waals surface area (Å²) in [6.07, 6.45) is 4.24. The van der Waals surface area contributed by atoms with E-state index < -0.39 is 4.92 Å². The number of rotatable bonds is 3. The number of aromatic nitrogens is 1. The average Bonchev–Trinajstić information content (AvgIpc) is 2.41. The van der Waals surface area contributed by atoms with Gasteiger partial charge < -0.3 is 4.74 Å². The Morgan fingerprint density at radius 1 is 1.53 bits per heavy atom. The molecule has 0 bridgehead atoms. The molecule has 1 aromatic rings. The Hall–Kier alpha value is -1.75. The maximum atomic E-state index is 11.1. The van der Waals surface area contributed by atoms with E-state index in [2.05, 4.69) is 25.8 Å². The first kappa shape index (κ1) is 13.7. The molecule has 0 amide bonds. The van der Waals surface area contributed by atoms with Crippen molar-refractivity contribution in [2.24, 2.45) is 0 Å². The lowest BCUT2D eigenvalue weighted by molar-refractivity contribution is -0.386. The van der Waals surface area contributed by atoms with E-state index in [9.17, 15) is 10.1 Å². The Labute approximate surface area is 112 Å². The van der Waals surface area contributed by atoms with Gasteiger partial charge in [0, 0.05) is 6.20 Å². The molecule has 0 aromatic carbocycles. The molecule has 1 aromatic heterocycles. The van der Waals surface area contributed by atoms with Gasteiger partial charge in [-0.2, -0.15) is 0 Å². The van der Waals surface area contributed by atoms with Crippen molar-refractivity contribution in [3.05, 3.63) is 45.3 Å². The third-order valence-electron chi connectivity index (χ3n) is 3.72. The summed E-state index contributed by atoms with van der Waals surface area (Å²) in [6.45, 7) is 6.20. The second kappa shape index (κ2) is 5.48. The van der Waals surface area contributed by atoms with Crippen molar-refractivity contribution in [1.29, 1.82) is 0 Å². The molecule has 0 saturated heterocycles. The SMILES string of the molecule is CC[C@H]1O[C@@H](c2ccncc2[N+](=O)[O-])CC(C)=C1C. The quantitative estimate of drug-likeness (QED) is 0.474. The van der Waals surface area contributed by atoms with Crippen LogP contribution in [0.4, 0.5) is 5.69 Å². The van der Waals surface area contributed by atoms with Gasteiger partial charge in [0.25, 0.3) is 5.69 Å². The van der Waals surface area contributed by atoms with Gasteiger partial charge in [-0.15, -0.1) is 0 Å². The summed E-state index contributed by atoms with van der Waals surface area (Å²) in [7, 11) is 0. The molecular formula is C14H18N2O3. The topological polar surface area (TPSA) is 65.3 Å². The number of nitrogens with zero attached hydrogens (tertiary/aromatic N) is 2. The smallest absolute Gasteiger partial charge is 0.293 e. The summed E-state index contributed by atoms with van der Waals surface area (Å²) in [6, 6.07) is 1.68. The van der Waals surface area contributed by atoms with Gasteiger partial charge in [0.15, 0.2) is 0 Å². The third-order valence-corrected chi connectivity index (χ3v) is 3.72. The third kappa shape index (κ3) is 2.66. The zero-order chi connectivity index (χ0) is 14.0. The van der Waals surface area contributed by atoms with Crippen molar-refractivity contribution < 1.29 is 9.66 Å². The molecule has 19 heavy (non-hydrogen) atoms. The summed E-state index contributed by atoms with van der Waals surface area (Å²) in [5, 5.41) is 11.1. The van der Waals surface area contributed by atoms with Gasteiger partial charge in [0.1, 0.15) is 6.20 Å². The minimum absolute atomic E-state index is 0.0368. The molecule has 0 radical (unpaired) electrons. The van der Waals surface area contributed by atoms with Gasteiger partial charge >= 0.3 is 0 Å². The van der Waals surface area contributed by atoms with Crippen LogP contribution in [0.5, 0.6) is 0 Å². The summed E-state index contributed by atoms with van der Waals surface area (Å²) in [5.74, 6) is 0. The van der Waals surface area contributed by atoms with E-state index in [4.69, 9.17) is 4.74 Å². The van der Waals surface area contributed by atoms with E-state index in [1.807, 2.05) is 0 Å². The molecule has 1 aliphatic heterocycles. The van der Waals surface area contributed by atoms with Crippen LogP contribution in [0, 0.1) is 10.1 Å². The molecule has 0 N–H and O–H groups in total. The highest BCUT2D eigenvalue weighted by atomic mass is 16.6. The lowest BCUT2D eigenvalue weighted by atomic mass is 9.92. The number of hydrogen-bond donors (Lipinski definition) is 0. The fourth-order valence-electron chi connectivity index (χ4n) is 2.47. The Bertz CT molecular complexity index is 525. The van der Waals surface area contributed by atoms with Gasteiger partial charge in [0.05, 0.1) is 22.7 Å². The van der Waals surface area contributed by atoms with Gasteiger partial charge in [-0.25, -0.2) is 0 Å². The summed E-state index contributed by atoms with van der Waals surface area (Å²) < 4.78 is 6.01. The van der Waals surface area contributed by atoms with Gasteiger partial charge in [-0.3, -0.25) is 15.1 Å². The monoisotopic (exact) mass is 262 g/mol. The lowest BCUT2D eigenvalue weighted by Crippen LogP contribution is -2.24. The van der Waals surface area contributed by atoms with Crippen LogP contribution in [-0.2, 0) is 4.74 Å². The van der Waals surface area contributed by atoms with E-state index in [0.717, 1.165) is 6.42 Å². The molecule has 0 unspecified atom stereocenters. The first-order valence-electron chi connectivity index (χ1n) is 6.44. The highest BCUT2D eigenvalue weighted by Crippen LogP contribution is 2.38. The van der Waals surface area contributed by atoms with Crippen LogP contribution in [0.1, 0.15) is 45.3 Å². The van der Waals surface area contributed by atoms with E-state index in [1.54, 1.807) is 12.3 Å². The van der Waals surface area contributed by atoms with Crippen LogP contribution in [0.2, 0.25) is 0 Å². The summed E-state index contributed by atoms with van der Waals surface area (Å²) in [4.78, 5) is 14.5. The largest absolute Gasteiger partial charge is 0.365 e. The van der Waals surface area contributed by atoms with E-state index in [-0.39, 0.29) is 17.9 Å². The predicted molar refractivity (Wildman–Crippen MR) is 71.8 cm³/mol. The van der Waals surface area contributed by atoms with E-state index in [0.29, 0.717) is 12.0 Å². The minimum atomic E-state index is -0.396. The second-order valence-corrected chi connectivity index (χ2v) is 4.88. The van der Waals surface area contributed by atoms with Gasteiger partial charge in [0.2, 0.25) is 0 Å².